The molecule has 0 aliphatic carbocycles. The fourth-order valence-corrected chi connectivity index (χ4v) is 3.78. The molecule has 0 radical (unpaired) electrons. The predicted octanol–water partition coefficient (Wildman–Crippen LogP) is 2.43. The minimum absolute atomic E-state index is 0.114. The molecule has 1 fully saturated rings. The van der Waals surface area contributed by atoms with E-state index in [0.717, 1.165) is 12.5 Å². The van der Waals surface area contributed by atoms with Gasteiger partial charge in [-0.3, -0.25) is 9.89 Å². The van der Waals surface area contributed by atoms with Crippen LogP contribution in [0.5, 0.6) is 0 Å². The maximum atomic E-state index is 14.3. The third-order valence-corrected chi connectivity index (χ3v) is 7.80. The van der Waals surface area contributed by atoms with Gasteiger partial charge in [0, 0.05) is 63.7 Å². The number of rotatable bonds is 6. The molecule has 0 spiro atoms. The van der Waals surface area contributed by atoms with E-state index in [1.54, 1.807) is 20.9 Å². The van der Waals surface area contributed by atoms with Gasteiger partial charge in [0.25, 0.3) is 0 Å². The largest absolute Gasteiger partial charge is 0.355 e. The first-order chi connectivity index (χ1) is 13.5. The summed E-state index contributed by atoms with van der Waals surface area (Å²) >= 11 is 0. The van der Waals surface area contributed by atoms with Crippen molar-refractivity contribution >= 4 is 15.8 Å². The van der Waals surface area contributed by atoms with Gasteiger partial charge in [-0.05, 0) is 26.3 Å². The highest BCUT2D eigenvalue weighted by atomic mass is 32.2. The van der Waals surface area contributed by atoms with E-state index in [-0.39, 0.29) is 12.6 Å². The highest BCUT2D eigenvalue weighted by molar-refractivity contribution is 7.92. The Balaban J connectivity index is 2.01. The molecule has 1 N–H and O–H groups in total. The van der Waals surface area contributed by atoms with Gasteiger partial charge in [0.05, 0.1) is 4.75 Å². The Hall–Kier alpha value is -1.74. The molecule has 1 aromatic rings. The molecule has 0 aromatic heterocycles. The van der Waals surface area contributed by atoms with Crippen molar-refractivity contribution in [1.82, 2.24) is 15.1 Å². The summed E-state index contributed by atoms with van der Waals surface area (Å²) < 4.78 is 50.4. The van der Waals surface area contributed by atoms with Gasteiger partial charge in [0.15, 0.2) is 15.8 Å². The normalized spacial score (nSPS) is 18.0. The van der Waals surface area contributed by atoms with Crippen molar-refractivity contribution in [3.05, 3.63) is 35.4 Å². The van der Waals surface area contributed by atoms with E-state index in [9.17, 15) is 17.2 Å². The van der Waals surface area contributed by atoms with Crippen molar-refractivity contribution in [3.63, 3.8) is 0 Å². The Morgan fingerprint density at radius 3 is 2.34 bits per heavy atom. The van der Waals surface area contributed by atoms with Crippen molar-refractivity contribution in [2.45, 2.75) is 38.0 Å². The maximum absolute atomic E-state index is 14.3. The van der Waals surface area contributed by atoms with Crippen LogP contribution in [0, 0.1) is 11.6 Å². The van der Waals surface area contributed by atoms with Crippen LogP contribution in [-0.2, 0) is 9.84 Å². The summed E-state index contributed by atoms with van der Waals surface area (Å²) in [6, 6.07) is 3.65. The second-order valence-electron chi connectivity index (χ2n) is 8.05. The molecule has 1 saturated heterocycles. The van der Waals surface area contributed by atoms with Crippen LogP contribution in [-0.4, -0.2) is 75.0 Å². The van der Waals surface area contributed by atoms with E-state index in [2.05, 4.69) is 20.1 Å². The SMILES string of the molecule is CCC(c1ccc(F)cc1F)N1CCN(C(=NC)NCC(C)(C)S(C)(=O)=O)CC1. The molecule has 9 heteroatoms. The van der Waals surface area contributed by atoms with Crippen LogP contribution in [0.4, 0.5) is 8.78 Å². The molecule has 1 atom stereocenters. The lowest BCUT2D eigenvalue weighted by Crippen LogP contribution is -2.55. The Labute approximate surface area is 172 Å². The number of piperazine rings is 1. The Morgan fingerprint density at radius 2 is 1.86 bits per heavy atom. The number of benzene rings is 1. The zero-order valence-electron chi connectivity index (χ0n) is 17.9. The summed E-state index contributed by atoms with van der Waals surface area (Å²) in [7, 11) is -1.53. The number of halogens is 2. The standard InChI is InChI=1S/C20H32F2N4O2S/c1-6-18(16-8-7-15(21)13-17(16)22)25-9-11-26(12-10-25)19(23-4)24-14-20(2,3)29(5,27)28/h7-8,13,18H,6,9-12,14H2,1-5H3,(H,23,24). The summed E-state index contributed by atoms with van der Waals surface area (Å²) in [5.41, 5.74) is 0.514. The van der Waals surface area contributed by atoms with Gasteiger partial charge in [0.1, 0.15) is 11.6 Å². The Morgan fingerprint density at radius 1 is 1.24 bits per heavy atom. The zero-order valence-corrected chi connectivity index (χ0v) is 18.7. The average molecular weight is 431 g/mol. The summed E-state index contributed by atoms with van der Waals surface area (Å²) in [5.74, 6) is -0.431. The van der Waals surface area contributed by atoms with Crippen LogP contribution in [0.15, 0.2) is 23.2 Å². The second-order valence-corrected chi connectivity index (χ2v) is 10.7. The lowest BCUT2D eigenvalue weighted by Gasteiger charge is -2.40. The number of hydrogen-bond acceptors (Lipinski definition) is 4. The third kappa shape index (κ3) is 5.66. The fourth-order valence-electron chi connectivity index (χ4n) is 3.45. The van der Waals surface area contributed by atoms with E-state index in [1.165, 1.54) is 18.4 Å². The second kappa shape index (κ2) is 9.38. The molecule has 0 bridgehead atoms. The van der Waals surface area contributed by atoms with Crippen molar-refractivity contribution in [3.8, 4) is 0 Å². The first-order valence-corrected chi connectivity index (χ1v) is 11.7. The van der Waals surface area contributed by atoms with Crippen molar-refractivity contribution in [2.75, 3.05) is 46.0 Å². The number of hydrogen-bond donors (Lipinski definition) is 1. The topological polar surface area (TPSA) is 65.0 Å². The molecular weight excluding hydrogens is 398 g/mol. The molecule has 0 amide bonds. The van der Waals surface area contributed by atoms with Crippen molar-refractivity contribution < 1.29 is 17.2 Å². The molecule has 1 aliphatic heterocycles. The molecule has 1 unspecified atom stereocenters. The average Bonchev–Trinajstić information content (AvgIpc) is 2.64. The number of sulfone groups is 1. The van der Waals surface area contributed by atoms with Gasteiger partial charge in [-0.15, -0.1) is 0 Å². The van der Waals surface area contributed by atoms with Crippen LogP contribution in [0.2, 0.25) is 0 Å². The molecular formula is C20H32F2N4O2S. The molecule has 1 aromatic carbocycles. The third-order valence-electron chi connectivity index (χ3n) is 5.65. The molecule has 2 rings (SSSR count). The van der Waals surface area contributed by atoms with E-state index in [0.29, 0.717) is 37.7 Å². The number of nitrogens with one attached hydrogen (secondary N) is 1. The van der Waals surface area contributed by atoms with Crippen LogP contribution < -0.4 is 5.32 Å². The molecule has 6 nitrogen and oxygen atoms in total. The minimum atomic E-state index is -3.20. The van der Waals surface area contributed by atoms with Gasteiger partial charge in [0.2, 0.25) is 0 Å². The summed E-state index contributed by atoms with van der Waals surface area (Å²) in [4.78, 5) is 8.55. The molecule has 0 saturated carbocycles. The van der Waals surface area contributed by atoms with Crippen LogP contribution >= 0.6 is 0 Å². The van der Waals surface area contributed by atoms with Crippen LogP contribution in [0.1, 0.15) is 38.8 Å². The molecule has 29 heavy (non-hydrogen) atoms. The highest BCUT2D eigenvalue weighted by Crippen LogP contribution is 2.28. The zero-order chi connectivity index (χ0) is 21.8. The molecule has 1 aliphatic rings. The first-order valence-electron chi connectivity index (χ1n) is 9.84. The van der Waals surface area contributed by atoms with E-state index >= 15 is 0 Å². The van der Waals surface area contributed by atoms with Crippen molar-refractivity contribution in [2.24, 2.45) is 4.99 Å². The minimum Gasteiger partial charge on any atom is -0.355 e. The quantitative estimate of drug-likeness (QED) is 0.555. The summed E-state index contributed by atoms with van der Waals surface area (Å²) in [6.45, 7) is 8.38. The van der Waals surface area contributed by atoms with E-state index in [1.807, 2.05) is 6.92 Å². The fraction of sp³-hybridized carbons (Fsp3) is 0.650. The number of nitrogens with zero attached hydrogens (tertiary/aromatic N) is 3. The first kappa shape index (κ1) is 23.5. The van der Waals surface area contributed by atoms with Gasteiger partial charge in [-0.25, -0.2) is 17.2 Å². The van der Waals surface area contributed by atoms with Gasteiger partial charge >= 0.3 is 0 Å². The van der Waals surface area contributed by atoms with Crippen molar-refractivity contribution in [1.29, 1.82) is 0 Å². The maximum Gasteiger partial charge on any atom is 0.193 e. The van der Waals surface area contributed by atoms with Crippen LogP contribution in [0.3, 0.4) is 0 Å². The smallest absolute Gasteiger partial charge is 0.193 e. The number of guanidine groups is 1. The summed E-state index contributed by atoms with van der Waals surface area (Å²) in [6.07, 6.45) is 1.95. The van der Waals surface area contributed by atoms with Crippen LogP contribution in [0.25, 0.3) is 0 Å². The van der Waals surface area contributed by atoms with Gasteiger partial charge < -0.3 is 10.2 Å². The predicted molar refractivity (Wildman–Crippen MR) is 113 cm³/mol. The molecule has 1 heterocycles. The molecule has 164 valence electrons. The lowest BCUT2D eigenvalue weighted by molar-refractivity contribution is 0.124. The van der Waals surface area contributed by atoms with E-state index < -0.39 is 26.2 Å². The monoisotopic (exact) mass is 430 g/mol. The highest BCUT2D eigenvalue weighted by Gasteiger charge is 2.32. The Bertz CT molecular complexity index is 835. The van der Waals surface area contributed by atoms with Gasteiger partial charge in [-0.1, -0.05) is 13.0 Å². The summed E-state index contributed by atoms with van der Waals surface area (Å²) in [5, 5.41) is 3.17. The Kier molecular flexibility index (Phi) is 7.62. The number of aliphatic imine (C=N–C) groups is 1. The van der Waals surface area contributed by atoms with Gasteiger partial charge in [-0.2, -0.15) is 0 Å². The van der Waals surface area contributed by atoms with E-state index in [4.69, 9.17) is 0 Å². The lowest BCUT2D eigenvalue weighted by atomic mass is 10.0.